The minimum absolute atomic E-state index is 0.254. The summed E-state index contributed by atoms with van der Waals surface area (Å²) in [7, 11) is 0. The fraction of sp³-hybridized carbons (Fsp3) is 0.625. The highest BCUT2D eigenvalue weighted by atomic mass is 14.9. The summed E-state index contributed by atoms with van der Waals surface area (Å²) < 4.78 is 0. The number of aryl methyl sites for hydroxylation is 1. The summed E-state index contributed by atoms with van der Waals surface area (Å²) in [6.07, 6.45) is 2.12. The van der Waals surface area contributed by atoms with E-state index in [1.807, 2.05) is 0 Å². The van der Waals surface area contributed by atoms with E-state index in [4.69, 9.17) is 5.73 Å². The van der Waals surface area contributed by atoms with Crippen LogP contribution in [0.4, 0.5) is 0 Å². The summed E-state index contributed by atoms with van der Waals surface area (Å²) in [5, 5.41) is 3.48. The second kappa shape index (κ2) is 8.28. The molecule has 3 N–H and O–H groups in total. The first-order chi connectivity index (χ1) is 8.59. The summed E-state index contributed by atoms with van der Waals surface area (Å²) in [4.78, 5) is 0. The Hall–Kier alpha value is -0.860. The van der Waals surface area contributed by atoms with Gasteiger partial charge in [0.05, 0.1) is 0 Å². The van der Waals surface area contributed by atoms with Crippen LogP contribution in [-0.2, 0) is 6.42 Å². The van der Waals surface area contributed by atoms with Gasteiger partial charge in [0.1, 0.15) is 0 Å². The molecule has 0 saturated carbocycles. The molecule has 1 aromatic carbocycles. The van der Waals surface area contributed by atoms with E-state index in [1.54, 1.807) is 0 Å². The molecule has 1 rings (SSSR count). The third kappa shape index (κ3) is 6.18. The van der Waals surface area contributed by atoms with Crippen LogP contribution in [0.3, 0.4) is 0 Å². The van der Waals surface area contributed by atoms with Gasteiger partial charge in [-0.25, -0.2) is 0 Å². The molecule has 102 valence electrons. The standard InChI is InChI=1S/C16H28N2/c1-13(2)14(3)11-18-12-16(17)10-9-15-7-5-4-6-8-15/h4-8,13-14,16,18H,9-12,17H2,1-3H3. The van der Waals surface area contributed by atoms with E-state index in [-0.39, 0.29) is 6.04 Å². The summed E-state index contributed by atoms with van der Waals surface area (Å²) in [6, 6.07) is 10.8. The van der Waals surface area contributed by atoms with Gasteiger partial charge in [0.15, 0.2) is 0 Å². The summed E-state index contributed by atoms with van der Waals surface area (Å²) in [5.74, 6) is 1.45. The van der Waals surface area contributed by atoms with E-state index >= 15 is 0 Å². The Morgan fingerprint density at radius 1 is 1.06 bits per heavy atom. The lowest BCUT2D eigenvalue weighted by Gasteiger charge is -2.18. The number of rotatable bonds is 8. The van der Waals surface area contributed by atoms with Gasteiger partial charge in [0.25, 0.3) is 0 Å². The predicted molar refractivity (Wildman–Crippen MR) is 79.6 cm³/mol. The van der Waals surface area contributed by atoms with Crippen molar-refractivity contribution in [1.82, 2.24) is 5.32 Å². The molecule has 0 radical (unpaired) electrons. The molecule has 0 aliphatic heterocycles. The molecule has 0 heterocycles. The van der Waals surface area contributed by atoms with E-state index in [9.17, 15) is 0 Å². The molecule has 0 spiro atoms. The van der Waals surface area contributed by atoms with Crippen molar-refractivity contribution in [2.75, 3.05) is 13.1 Å². The average molecular weight is 248 g/mol. The zero-order chi connectivity index (χ0) is 13.4. The van der Waals surface area contributed by atoms with Crippen molar-refractivity contribution in [3.8, 4) is 0 Å². The van der Waals surface area contributed by atoms with Crippen molar-refractivity contribution >= 4 is 0 Å². The van der Waals surface area contributed by atoms with Gasteiger partial charge in [-0.15, -0.1) is 0 Å². The van der Waals surface area contributed by atoms with Gasteiger partial charge in [-0.3, -0.25) is 0 Å². The van der Waals surface area contributed by atoms with E-state index in [0.29, 0.717) is 5.92 Å². The highest BCUT2D eigenvalue weighted by molar-refractivity contribution is 5.14. The second-order valence-corrected chi connectivity index (χ2v) is 5.66. The maximum Gasteiger partial charge on any atom is 0.0168 e. The maximum atomic E-state index is 6.12. The van der Waals surface area contributed by atoms with Crippen LogP contribution < -0.4 is 11.1 Å². The number of hydrogen-bond acceptors (Lipinski definition) is 2. The third-order valence-corrected chi connectivity index (χ3v) is 3.66. The monoisotopic (exact) mass is 248 g/mol. The largest absolute Gasteiger partial charge is 0.327 e. The third-order valence-electron chi connectivity index (χ3n) is 3.66. The Morgan fingerprint density at radius 2 is 1.72 bits per heavy atom. The van der Waals surface area contributed by atoms with Gasteiger partial charge in [-0.2, -0.15) is 0 Å². The van der Waals surface area contributed by atoms with E-state index in [0.717, 1.165) is 31.8 Å². The van der Waals surface area contributed by atoms with Gasteiger partial charge in [0.2, 0.25) is 0 Å². The smallest absolute Gasteiger partial charge is 0.0168 e. The Labute approximate surface area is 112 Å². The quantitative estimate of drug-likeness (QED) is 0.742. The van der Waals surface area contributed by atoms with Crippen molar-refractivity contribution in [1.29, 1.82) is 0 Å². The van der Waals surface area contributed by atoms with Crippen LogP contribution in [-0.4, -0.2) is 19.1 Å². The molecule has 0 aliphatic rings. The molecule has 2 unspecified atom stereocenters. The van der Waals surface area contributed by atoms with Crippen LogP contribution in [0.5, 0.6) is 0 Å². The Morgan fingerprint density at radius 3 is 2.33 bits per heavy atom. The molecule has 0 amide bonds. The first kappa shape index (κ1) is 15.2. The van der Waals surface area contributed by atoms with Crippen LogP contribution >= 0.6 is 0 Å². The van der Waals surface area contributed by atoms with E-state index in [2.05, 4.69) is 56.4 Å². The van der Waals surface area contributed by atoms with Gasteiger partial charge >= 0.3 is 0 Å². The normalized spacial score (nSPS) is 14.7. The molecule has 0 aromatic heterocycles. The topological polar surface area (TPSA) is 38.0 Å². The number of nitrogens with one attached hydrogen (secondary N) is 1. The molecule has 0 saturated heterocycles. The minimum atomic E-state index is 0.254. The molecule has 18 heavy (non-hydrogen) atoms. The Kier molecular flexibility index (Phi) is 6.99. The Bertz CT molecular complexity index is 308. The first-order valence-electron chi connectivity index (χ1n) is 7.09. The van der Waals surface area contributed by atoms with Gasteiger partial charge in [-0.1, -0.05) is 51.1 Å². The van der Waals surface area contributed by atoms with Gasteiger partial charge < -0.3 is 11.1 Å². The lowest BCUT2D eigenvalue weighted by Crippen LogP contribution is -2.36. The lowest BCUT2D eigenvalue weighted by molar-refractivity contribution is 0.384. The van der Waals surface area contributed by atoms with E-state index < -0.39 is 0 Å². The maximum absolute atomic E-state index is 6.12. The molecule has 1 aromatic rings. The van der Waals surface area contributed by atoms with E-state index in [1.165, 1.54) is 5.56 Å². The summed E-state index contributed by atoms with van der Waals surface area (Å²) >= 11 is 0. The summed E-state index contributed by atoms with van der Waals surface area (Å²) in [6.45, 7) is 8.80. The number of hydrogen-bond donors (Lipinski definition) is 2. The minimum Gasteiger partial charge on any atom is -0.327 e. The van der Waals surface area contributed by atoms with Crippen LogP contribution in [0.2, 0.25) is 0 Å². The SMILES string of the molecule is CC(C)C(C)CNCC(N)CCc1ccccc1. The molecular formula is C16H28N2. The first-order valence-corrected chi connectivity index (χ1v) is 7.09. The Balaban J connectivity index is 2.13. The number of nitrogens with two attached hydrogens (primary N) is 1. The summed E-state index contributed by atoms with van der Waals surface area (Å²) in [5.41, 5.74) is 7.50. The molecule has 0 aliphatic carbocycles. The highest BCUT2D eigenvalue weighted by Crippen LogP contribution is 2.08. The highest BCUT2D eigenvalue weighted by Gasteiger charge is 2.08. The van der Waals surface area contributed by atoms with Crippen molar-refractivity contribution in [2.24, 2.45) is 17.6 Å². The van der Waals surface area contributed by atoms with Crippen LogP contribution in [0, 0.1) is 11.8 Å². The molecular weight excluding hydrogens is 220 g/mol. The van der Waals surface area contributed by atoms with Gasteiger partial charge in [-0.05, 0) is 36.8 Å². The van der Waals surface area contributed by atoms with Crippen molar-refractivity contribution in [2.45, 2.75) is 39.7 Å². The number of benzene rings is 1. The lowest BCUT2D eigenvalue weighted by atomic mass is 9.98. The molecule has 0 bridgehead atoms. The van der Waals surface area contributed by atoms with Gasteiger partial charge in [0, 0.05) is 12.6 Å². The van der Waals surface area contributed by atoms with Crippen LogP contribution in [0.1, 0.15) is 32.8 Å². The second-order valence-electron chi connectivity index (χ2n) is 5.66. The fourth-order valence-electron chi connectivity index (χ4n) is 1.83. The van der Waals surface area contributed by atoms with Crippen molar-refractivity contribution in [3.63, 3.8) is 0 Å². The molecule has 2 heteroatoms. The predicted octanol–water partition coefficient (Wildman–Crippen LogP) is 2.83. The van der Waals surface area contributed by atoms with Crippen LogP contribution in [0.25, 0.3) is 0 Å². The molecule has 2 atom stereocenters. The molecule has 2 nitrogen and oxygen atoms in total. The fourth-order valence-corrected chi connectivity index (χ4v) is 1.83. The zero-order valence-corrected chi connectivity index (χ0v) is 12.0. The molecule has 0 fully saturated rings. The van der Waals surface area contributed by atoms with Crippen molar-refractivity contribution < 1.29 is 0 Å². The zero-order valence-electron chi connectivity index (χ0n) is 12.0. The van der Waals surface area contributed by atoms with Crippen LogP contribution in [0.15, 0.2) is 30.3 Å². The van der Waals surface area contributed by atoms with Crippen molar-refractivity contribution in [3.05, 3.63) is 35.9 Å². The average Bonchev–Trinajstić information content (AvgIpc) is 2.37.